The number of nitrogens with one attached hydrogen (secondary N) is 1. The highest BCUT2D eigenvalue weighted by atomic mass is 15.3. The molecule has 1 aromatic heterocycles. The maximum absolute atomic E-state index is 4.65. The fourth-order valence-electron chi connectivity index (χ4n) is 2.63. The molecular weight excluding hydrogens is 236 g/mol. The van der Waals surface area contributed by atoms with Crippen LogP contribution in [0.25, 0.3) is 11.4 Å². The second-order valence-corrected chi connectivity index (χ2v) is 5.24. The lowest BCUT2D eigenvalue weighted by molar-refractivity contribution is 0.322. The van der Waals surface area contributed by atoms with Crippen LogP contribution < -0.4 is 5.32 Å². The molecule has 0 radical (unpaired) electrons. The maximum atomic E-state index is 4.65. The molecule has 1 saturated heterocycles. The Labute approximate surface area is 113 Å². The lowest BCUT2D eigenvalue weighted by Gasteiger charge is -2.22. The number of rotatable bonds is 3. The van der Waals surface area contributed by atoms with Gasteiger partial charge in [-0.15, -0.1) is 0 Å². The summed E-state index contributed by atoms with van der Waals surface area (Å²) in [6.45, 7) is 5.26. The number of hydrogen-bond acceptors (Lipinski definition) is 3. The van der Waals surface area contributed by atoms with Gasteiger partial charge in [0.25, 0.3) is 0 Å². The van der Waals surface area contributed by atoms with E-state index in [-0.39, 0.29) is 0 Å². The predicted molar refractivity (Wildman–Crippen MR) is 75.8 cm³/mol. The van der Waals surface area contributed by atoms with Crippen molar-refractivity contribution in [2.45, 2.75) is 26.3 Å². The van der Waals surface area contributed by atoms with Gasteiger partial charge >= 0.3 is 0 Å². The van der Waals surface area contributed by atoms with Crippen LogP contribution in [0.15, 0.2) is 30.3 Å². The van der Waals surface area contributed by atoms with Crippen LogP contribution in [0.4, 0.5) is 0 Å². The summed E-state index contributed by atoms with van der Waals surface area (Å²) in [4.78, 5) is 4.58. The molecule has 2 heterocycles. The van der Waals surface area contributed by atoms with Gasteiger partial charge in [-0.3, -0.25) is 0 Å². The zero-order valence-corrected chi connectivity index (χ0v) is 11.3. The standard InChI is InChI=1S/C15H20N4/c1-12-17-15(14-7-3-2-4-8-14)18-19(12)11-13-6-5-9-16-10-13/h2-4,7-8,13,16H,5-6,9-11H2,1H3. The molecule has 1 aromatic carbocycles. The highest BCUT2D eigenvalue weighted by molar-refractivity contribution is 5.53. The molecule has 1 unspecified atom stereocenters. The smallest absolute Gasteiger partial charge is 0.181 e. The van der Waals surface area contributed by atoms with Gasteiger partial charge in [0.05, 0.1) is 0 Å². The third-order valence-corrected chi connectivity index (χ3v) is 3.72. The number of piperidine rings is 1. The number of hydrogen-bond donors (Lipinski definition) is 1. The van der Waals surface area contributed by atoms with Gasteiger partial charge in [0.15, 0.2) is 5.82 Å². The van der Waals surface area contributed by atoms with E-state index in [1.165, 1.54) is 12.8 Å². The van der Waals surface area contributed by atoms with Crippen LogP contribution in [-0.2, 0) is 6.54 Å². The maximum Gasteiger partial charge on any atom is 0.181 e. The van der Waals surface area contributed by atoms with Crippen LogP contribution in [0.1, 0.15) is 18.7 Å². The van der Waals surface area contributed by atoms with E-state index >= 15 is 0 Å². The third-order valence-electron chi connectivity index (χ3n) is 3.72. The summed E-state index contributed by atoms with van der Waals surface area (Å²) < 4.78 is 2.06. The molecular formula is C15H20N4. The monoisotopic (exact) mass is 256 g/mol. The largest absolute Gasteiger partial charge is 0.316 e. The van der Waals surface area contributed by atoms with E-state index in [0.717, 1.165) is 36.8 Å². The first-order valence-electron chi connectivity index (χ1n) is 7.00. The summed E-state index contributed by atoms with van der Waals surface area (Å²) in [5, 5.41) is 8.10. The number of nitrogens with zero attached hydrogens (tertiary/aromatic N) is 3. The Morgan fingerprint density at radius 2 is 2.16 bits per heavy atom. The van der Waals surface area contributed by atoms with E-state index < -0.39 is 0 Å². The Morgan fingerprint density at radius 3 is 2.89 bits per heavy atom. The topological polar surface area (TPSA) is 42.7 Å². The van der Waals surface area contributed by atoms with Crippen LogP contribution in [0.5, 0.6) is 0 Å². The normalized spacial score (nSPS) is 19.5. The number of aryl methyl sites for hydroxylation is 1. The van der Waals surface area contributed by atoms with Crippen molar-refractivity contribution >= 4 is 0 Å². The Balaban J connectivity index is 1.77. The van der Waals surface area contributed by atoms with Gasteiger partial charge in [0, 0.05) is 12.1 Å². The molecule has 1 fully saturated rings. The van der Waals surface area contributed by atoms with E-state index in [1.54, 1.807) is 0 Å². The molecule has 1 atom stereocenters. The Bertz CT molecular complexity index is 526. The van der Waals surface area contributed by atoms with Crippen LogP contribution in [0.3, 0.4) is 0 Å². The lowest BCUT2D eigenvalue weighted by atomic mass is 10.00. The molecule has 2 aromatic rings. The molecule has 0 bridgehead atoms. The molecule has 3 rings (SSSR count). The van der Waals surface area contributed by atoms with Crippen molar-refractivity contribution in [1.82, 2.24) is 20.1 Å². The van der Waals surface area contributed by atoms with Crippen molar-refractivity contribution in [1.29, 1.82) is 0 Å². The second kappa shape index (κ2) is 5.53. The van der Waals surface area contributed by atoms with Gasteiger partial charge in [0.1, 0.15) is 5.82 Å². The highest BCUT2D eigenvalue weighted by Crippen LogP contribution is 2.17. The summed E-state index contributed by atoms with van der Waals surface area (Å²) in [7, 11) is 0. The van der Waals surface area contributed by atoms with Crippen LogP contribution >= 0.6 is 0 Å². The summed E-state index contributed by atoms with van der Waals surface area (Å²) in [6.07, 6.45) is 2.55. The first kappa shape index (κ1) is 12.4. The second-order valence-electron chi connectivity index (χ2n) is 5.24. The molecule has 0 aliphatic carbocycles. The fraction of sp³-hybridized carbons (Fsp3) is 0.467. The summed E-state index contributed by atoms with van der Waals surface area (Å²) in [6, 6.07) is 10.2. The Hall–Kier alpha value is -1.68. The van der Waals surface area contributed by atoms with Gasteiger partial charge in [-0.2, -0.15) is 5.10 Å². The molecule has 1 aliphatic heterocycles. The SMILES string of the molecule is Cc1nc(-c2ccccc2)nn1CC1CCCNC1. The Morgan fingerprint density at radius 1 is 1.32 bits per heavy atom. The molecule has 4 heteroatoms. The minimum atomic E-state index is 0.678. The van der Waals surface area contributed by atoms with E-state index in [4.69, 9.17) is 0 Å². The van der Waals surface area contributed by atoms with Crippen molar-refractivity contribution in [3.8, 4) is 11.4 Å². The third kappa shape index (κ3) is 2.84. The van der Waals surface area contributed by atoms with Crippen molar-refractivity contribution in [3.63, 3.8) is 0 Å². The first-order valence-corrected chi connectivity index (χ1v) is 7.00. The first-order chi connectivity index (χ1) is 9.33. The Kier molecular flexibility index (Phi) is 3.60. The zero-order valence-electron chi connectivity index (χ0n) is 11.3. The van der Waals surface area contributed by atoms with Crippen LogP contribution in [0, 0.1) is 12.8 Å². The summed E-state index contributed by atoms with van der Waals surface area (Å²) in [5.41, 5.74) is 1.09. The van der Waals surface area contributed by atoms with Crippen LogP contribution in [-0.4, -0.2) is 27.9 Å². The highest BCUT2D eigenvalue weighted by Gasteiger charge is 2.16. The zero-order chi connectivity index (χ0) is 13.1. The molecule has 100 valence electrons. The molecule has 1 N–H and O–H groups in total. The lowest BCUT2D eigenvalue weighted by Crippen LogP contribution is -2.32. The predicted octanol–water partition coefficient (Wildman–Crippen LogP) is 2.25. The van der Waals surface area contributed by atoms with E-state index in [2.05, 4.69) is 32.2 Å². The van der Waals surface area contributed by atoms with Gasteiger partial charge < -0.3 is 5.32 Å². The van der Waals surface area contributed by atoms with E-state index in [9.17, 15) is 0 Å². The van der Waals surface area contributed by atoms with E-state index in [1.807, 2.05) is 25.1 Å². The van der Waals surface area contributed by atoms with E-state index in [0.29, 0.717) is 5.92 Å². The molecule has 4 nitrogen and oxygen atoms in total. The van der Waals surface area contributed by atoms with Gasteiger partial charge in [-0.25, -0.2) is 9.67 Å². The molecule has 1 aliphatic rings. The molecule has 0 spiro atoms. The molecule has 0 amide bonds. The quantitative estimate of drug-likeness (QED) is 0.916. The average molecular weight is 256 g/mol. The molecule has 19 heavy (non-hydrogen) atoms. The van der Waals surface area contributed by atoms with Crippen molar-refractivity contribution in [2.75, 3.05) is 13.1 Å². The summed E-state index contributed by atoms with van der Waals surface area (Å²) >= 11 is 0. The summed E-state index contributed by atoms with van der Waals surface area (Å²) in [5.74, 6) is 2.52. The van der Waals surface area contributed by atoms with Gasteiger partial charge in [-0.1, -0.05) is 30.3 Å². The fourth-order valence-corrected chi connectivity index (χ4v) is 2.63. The molecule has 0 saturated carbocycles. The minimum absolute atomic E-state index is 0.678. The van der Waals surface area contributed by atoms with Crippen molar-refractivity contribution < 1.29 is 0 Å². The minimum Gasteiger partial charge on any atom is -0.316 e. The van der Waals surface area contributed by atoms with Crippen LogP contribution in [0.2, 0.25) is 0 Å². The van der Waals surface area contributed by atoms with Gasteiger partial charge in [0.2, 0.25) is 0 Å². The van der Waals surface area contributed by atoms with Gasteiger partial charge in [-0.05, 0) is 38.8 Å². The average Bonchev–Trinajstić information content (AvgIpc) is 2.82. The van der Waals surface area contributed by atoms with Crippen molar-refractivity contribution in [3.05, 3.63) is 36.2 Å². The van der Waals surface area contributed by atoms with Crippen molar-refractivity contribution in [2.24, 2.45) is 5.92 Å². The number of aromatic nitrogens is 3. The number of benzene rings is 1.